The Hall–Kier alpha value is -2.57. The maximum Gasteiger partial charge on any atom is 0.264 e. The van der Waals surface area contributed by atoms with Crippen molar-refractivity contribution in [2.24, 2.45) is 0 Å². The minimum absolute atomic E-state index is 0.105. The summed E-state index contributed by atoms with van der Waals surface area (Å²) < 4.78 is 33.2. The number of nitrogens with zero attached hydrogens (tertiary/aromatic N) is 3. The summed E-state index contributed by atoms with van der Waals surface area (Å²) in [6.07, 6.45) is 2.24. The minimum Gasteiger partial charge on any atom is -0.384 e. The van der Waals surface area contributed by atoms with Crippen molar-refractivity contribution in [1.29, 1.82) is 0 Å². The molecule has 2 aromatic heterocycles. The highest BCUT2D eigenvalue weighted by molar-refractivity contribution is 7.93. The van der Waals surface area contributed by atoms with Crippen molar-refractivity contribution >= 4 is 66.3 Å². The largest absolute Gasteiger partial charge is 0.384 e. The fraction of sp³-hybridized carbons (Fsp3) is 0.227. The zero-order valence-electron chi connectivity index (χ0n) is 17.6. The molecule has 5 rings (SSSR count). The van der Waals surface area contributed by atoms with Crippen molar-refractivity contribution in [2.45, 2.75) is 23.3 Å². The van der Waals surface area contributed by atoms with Gasteiger partial charge in [0.25, 0.3) is 15.9 Å². The number of para-hydroxylation sites is 1. The molecular weight excluding hydrogens is 516 g/mol. The molecule has 2 N–H and O–H groups in total. The van der Waals surface area contributed by atoms with E-state index in [0.717, 1.165) is 4.70 Å². The van der Waals surface area contributed by atoms with Gasteiger partial charge < -0.3 is 10.0 Å². The Kier molecular flexibility index (Phi) is 6.07. The number of fused-ring (bicyclic) bond motifs is 1. The molecule has 12 heteroatoms. The maximum atomic E-state index is 13.0. The van der Waals surface area contributed by atoms with E-state index >= 15 is 0 Å². The molecule has 0 spiro atoms. The van der Waals surface area contributed by atoms with E-state index in [4.69, 9.17) is 11.6 Å². The van der Waals surface area contributed by atoms with Gasteiger partial charge in [-0.05, 0) is 60.8 Å². The Morgan fingerprint density at radius 2 is 1.88 bits per heavy atom. The minimum atomic E-state index is -3.85. The predicted molar refractivity (Wildman–Crippen MR) is 133 cm³/mol. The van der Waals surface area contributed by atoms with E-state index in [1.54, 1.807) is 40.7 Å². The average Bonchev–Trinajstić information content (AvgIpc) is 3.48. The second-order valence-corrected chi connectivity index (χ2v) is 11.7. The van der Waals surface area contributed by atoms with E-state index in [0.29, 0.717) is 52.6 Å². The molecule has 0 radical (unpaired) electrons. The molecular formula is C22H19ClN4O4S3. The van der Waals surface area contributed by atoms with E-state index in [-0.39, 0.29) is 10.8 Å². The highest BCUT2D eigenvalue weighted by Gasteiger charge is 2.38. The van der Waals surface area contributed by atoms with Gasteiger partial charge in [0, 0.05) is 24.3 Å². The molecule has 34 heavy (non-hydrogen) atoms. The third-order valence-electron chi connectivity index (χ3n) is 5.82. The molecule has 0 bridgehead atoms. The molecule has 8 nitrogen and oxygen atoms in total. The SMILES string of the molecule is O=C(c1ccc(NS(=O)(=O)c2cccc3scnc23)cc1)N1CCC(O)(c2sncc2Cl)CC1. The van der Waals surface area contributed by atoms with Crippen LogP contribution >= 0.6 is 34.5 Å². The smallest absolute Gasteiger partial charge is 0.264 e. The summed E-state index contributed by atoms with van der Waals surface area (Å²) in [6, 6.07) is 11.3. The summed E-state index contributed by atoms with van der Waals surface area (Å²) in [5.41, 5.74) is 1.73. The van der Waals surface area contributed by atoms with Crippen LogP contribution in [0.2, 0.25) is 5.02 Å². The third-order valence-corrected chi connectivity index (χ3v) is 9.42. The first kappa shape index (κ1) is 23.2. The highest BCUT2D eigenvalue weighted by atomic mass is 35.5. The number of carbonyl (C=O) groups excluding carboxylic acids is 1. The van der Waals surface area contributed by atoms with E-state index in [9.17, 15) is 18.3 Å². The number of hydrogen-bond acceptors (Lipinski definition) is 8. The van der Waals surface area contributed by atoms with E-state index in [2.05, 4.69) is 14.1 Å². The normalized spacial score (nSPS) is 16.0. The van der Waals surface area contributed by atoms with Crippen LogP contribution in [0.25, 0.3) is 10.2 Å². The Morgan fingerprint density at radius 1 is 1.15 bits per heavy atom. The number of amides is 1. The van der Waals surface area contributed by atoms with E-state index in [1.165, 1.54) is 35.1 Å². The standard InChI is InChI=1S/C22H19ClN4O4S3/c23-16-12-25-33-20(16)22(29)8-10-27(11-9-22)21(28)14-4-6-15(7-5-14)26-34(30,31)18-3-1-2-17-19(18)24-13-32-17/h1-7,12-13,26,29H,8-11H2. The van der Waals surface area contributed by atoms with Crippen LogP contribution in [0.1, 0.15) is 28.1 Å². The number of benzene rings is 2. The van der Waals surface area contributed by atoms with Gasteiger partial charge in [0.1, 0.15) is 16.0 Å². The number of aliphatic hydroxyl groups is 1. The second-order valence-electron chi connectivity index (χ2n) is 7.96. The molecule has 0 saturated carbocycles. The van der Waals surface area contributed by atoms with Crippen LogP contribution in [0.15, 0.2) is 59.1 Å². The van der Waals surface area contributed by atoms with Crippen LogP contribution in [0.4, 0.5) is 5.69 Å². The monoisotopic (exact) mass is 534 g/mol. The van der Waals surface area contributed by atoms with Crippen molar-refractivity contribution in [3.63, 3.8) is 0 Å². The molecule has 1 saturated heterocycles. The van der Waals surface area contributed by atoms with Gasteiger partial charge in [-0.25, -0.2) is 13.4 Å². The number of carbonyl (C=O) groups is 1. The number of nitrogens with one attached hydrogen (secondary N) is 1. The molecule has 1 fully saturated rings. The van der Waals surface area contributed by atoms with Crippen molar-refractivity contribution in [2.75, 3.05) is 17.8 Å². The Morgan fingerprint density at radius 3 is 2.56 bits per heavy atom. The molecule has 0 aliphatic carbocycles. The summed E-state index contributed by atoms with van der Waals surface area (Å²) in [4.78, 5) is 19.5. The summed E-state index contributed by atoms with van der Waals surface area (Å²) in [5.74, 6) is -0.181. The van der Waals surface area contributed by atoms with Crippen LogP contribution in [-0.4, -0.2) is 46.8 Å². The van der Waals surface area contributed by atoms with Crippen LogP contribution in [0.3, 0.4) is 0 Å². The molecule has 1 aliphatic heterocycles. The number of likely N-dealkylation sites (tertiary alicyclic amines) is 1. The number of halogens is 1. The number of aromatic nitrogens is 2. The Labute approximate surface area is 209 Å². The van der Waals surface area contributed by atoms with Crippen LogP contribution < -0.4 is 4.72 Å². The van der Waals surface area contributed by atoms with Crippen LogP contribution in [0.5, 0.6) is 0 Å². The van der Waals surface area contributed by atoms with Crippen molar-refractivity contribution in [3.05, 3.63) is 69.6 Å². The molecule has 176 valence electrons. The quantitative estimate of drug-likeness (QED) is 0.394. The van der Waals surface area contributed by atoms with E-state index < -0.39 is 15.6 Å². The second kappa shape index (κ2) is 8.90. The van der Waals surface area contributed by atoms with Gasteiger partial charge in [-0.1, -0.05) is 17.7 Å². The van der Waals surface area contributed by atoms with Crippen molar-refractivity contribution in [1.82, 2.24) is 14.3 Å². The van der Waals surface area contributed by atoms with Crippen molar-refractivity contribution in [3.8, 4) is 0 Å². The molecule has 4 aromatic rings. The lowest BCUT2D eigenvalue weighted by atomic mass is 9.89. The average molecular weight is 535 g/mol. The Bertz CT molecular complexity index is 1460. The zero-order chi connectivity index (χ0) is 23.9. The topological polar surface area (TPSA) is 112 Å². The van der Waals surface area contributed by atoms with Crippen LogP contribution in [0, 0.1) is 0 Å². The molecule has 1 amide bonds. The van der Waals surface area contributed by atoms with Gasteiger partial charge in [0.15, 0.2) is 0 Å². The lowest BCUT2D eigenvalue weighted by Crippen LogP contribution is -2.45. The molecule has 1 aliphatic rings. The summed E-state index contributed by atoms with van der Waals surface area (Å²) in [7, 11) is -3.85. The molecule has 0 atom stereocenters. The fourth-order valence-electron chi connectivity index (χ4n) is 3.99. The number of hydrogen-bond donors (Lipinski definition) is 2. The molecule has 0 unspecified atom stereocenters. The summed E-state index contributed by atoms with van der Waals surface area (Å²) in [6.45, 7) is 0.741. The Balaban J connectivity index is 1.27. The molecule has 3 heterocycles. The van der Waals surface area contributed by atoms with Gasteiger partial charge in [-0.3, -0.25) is 9.52 Å². The first-order chi connectivity index (χ1) is 16.3. The summed E-state index contributed by atoms with van der Waals surface area (Å²) in [5, 5.41) is 11.4. The molecule has 2 aromatic carbocycles. The number of anilines is 1. The number of thiazole rings is 1. The lowest BCUT2D eigenvalue weighted by Gasteiger charge is -2.37. The zero-order valence-corrected chi connectivity index (χ0v) is 20.8. The highest BCUT2D eigenvalue weighted by Crippen LogP contribution is 2.39. The van der Waals surface area contributed by atoms with Gasteiger partial charge in [-0.2, -0.15) is 4.37 Å². The lowest BCUT2D eigenvalue weighted by molar-refractivity contribution is -0.0182. The van der Waals surface area contributed by atoms with Gasteiger partial charge in [0.05, 0.1) is 26.3 Å². The van der Waals surface area contributed by atoms with Gasteiger partial charge >= 0.3 is 0 Å². The number of sulfonamides is 1. The van der Waals surface area contributed by atoms with Crippen LogP contribution in [-0.2, 0) is 15.6 Å². The van der Waals surface area contributed by atoms with Crippen molar-refractivity contribution < 1.29 is 18.3 Å². The first-order valence-electron chi connectivity index (χ1n) is 10.3. The predicted octanol–water partition coefficient (Wildman–Crippen LogP) is 4.33. The third kappa shape index (κ3) is 4.29. The fourth-order valence-corrected chi connectivity index (χ4v) is 7.15. The maximum absolute atomic E-state index is 13.0. The first-order valence-corrected chi connectivity index (χ1v) is 13.9. The number of rotatable bonds is 5. The van der Waals surface area contributed by atoms with Gasteiger partial charge in [0.2, 0.25) is 0 Å². The van der Waals surface area contributed by atoms with Gasteiger partial charge in [-0.15, -0.1) is 11.3 Å². The summed E-state index contributed by atoms with van der Waals surface area (Å²) >= 11 is 8.68. The van der Waals surface area contributed by atoms with E-state index in [1.807, 2.05) is 6.07 Å². The number of piperidine rings is 1.